The summed E-state index contributed by atoms with van der Waals surface area (Å²) in [6.45, 7) is 0.0519. The highest BCUT2D eigenvalue weighted by Crippen LogP contribution is 2.10. The highest BCUT2D eigenvalue weighted by molar-refractivity contribution is 5.78. The molecule has 0 fully saturated rings. The molecule has 0 aliphatic heterocycles. The quantitative estimate of drug-likeness (QED) is 0.591. The van der Waals surface area contributed by atoms with E-state index in [1.807, 2.05) is 11.1 Å². The van der Waals surface area contributed by atoms with Gasteiger partial charge in [0.25, 0.3) is 5.56 Å². The molecular weight excluding hydrogens is 274 g/mol. The van der Waals surface area contributed by atoms with Crippen LogP contribution in [0.15, 0.2) is 46.0 Å². The first-order valence-electron chi connectivity index (χ1n) is 6.37. The van der Waals surface area contributed by atoms with Crippen molar-refractivity contribution in [3.63, 3.8) is 0 Å². The maximum absolute atomic E-state index is 11.7. The molecule has 0 aliphatic carbocycles. The molecule has 7 nitrogen and oxygen atoms in total. The molecule has 1 heterocycles. The second kappa shape index (κ2) is 6.67. The maximum Gasteiger partial charge on any atom is 0.325 e. The van der Waals surface area contributed by atoms with Gasteiger partial charge in [-0.3, -0.25) is 14.6 Å². The molecule has 21 heavy (non-hydrogen) atoms. The lowest BCUT2D eigenvalue weighted by Crippen LogP contribution is -2.31. The van der Waals surface area contributed by atoms with E-state index in [2.05, 4.69) is 10.3 Å². The van der Waals surface area contributed by atoms with Crippen LogP contribution in [0.25, 0.3) is 0 Å². The third-order valence-electron chi connectivity index (χ3n) is 2.84. The predicted molar refractivity (Wildman–Crippen MR) is 75.8 cm³/mol. The number of hydrogen-bond donors (Lipinski definition) is 4. The Balaban J connectivity index is 1.90. The van der Waals surface area contributed by atoms with E-state index in [0.29, 0.717) is 5.56 Å². The number of nitrogens with one attached hydrogen (secondary N) is 3. The summed E-state index contributed by atoms with van der Waals surface area (Å²) in [5.74, 6) is -0.397. The average molecular weight is 289 g/mol. The second-order valence-corrected chi connectivity index (χ2v) is 4.52. The molecule has 4 N–H and O–H groups in total. The fraction of sp³-hybridized carbons (Fsp3) is 0.214. The lowest BCUT2D eigenvalue weighted by atomic mass is 10.1. The van der Waals surface area contributed by atoms with Crippen molar-refractivity contribution in [3.05, 3.63) is 68.5 Å². The molecule has 0 saturated carbocycles. The average Bonchev–Trinajstić information content (AvgIpc) is 2.44. The van der Waals surface area contributed by atoms with Crippen molar-refractivity contribution in [2.24, 2.45) is 0 Å². The highest BCUT2D eigenvalue weighted by atomic mass is 16.3. The fourth-order valence-electron chi connectivity index (χ4n) is 1.85. The summed E-state index contributed by atoms with van der Waals surface area (Å²) in [6, 6.07) is 10.1. The number of rotatable bonds is 5. The number of amides is 1. The van der Waals surface area contributed by atoms with E-state index in [1.165, 1.54) is 0 Å². The van der Waals surface area contributed by atoms with E-state index in [1.54, 1.807) is 24.3 Å². The van der Waals surface area contributed by atoms with Gasteiger partial charge in [-0.25, -0.2) is 4.79 Å². The number of aromatic nitrogens is 2. The Labute approximate surface area is 119 Å². The number of aliphatic hydroxyl groups is 1. The van der Waals surface area contributed by atoms with E-state index in [-0.39, 0.29) is 18.7 Å². The van der Waals surface area contributed by atoms with E-state index >= 15 is 0 Å². The van der Waals surface area contributed by atoms with Crippen LogP contribution in [0.1, 0.15) is 17.4 Å². The van der Waals surface area contributed by atoms with Crippen molar-refractivity contribution in [1.29, 1.82) is 0 Å². The van der Waals surface area contributed by atoms with E-state index in [4.69, 9.17) is 0 Å². The van der Waals surface area contributed by atoms with Gasteiger partial charge in [-0.05, 0) is 5.56 Å². The Morgan fingerprint density at radius 1 is 1.19 bits per heavy atom. The van der Waals surface area contributed by atoms with Gasteiger partial charge in [-0.15, -0.1) is 0 Å². The Bertz CT molecular complexity index is 692. The van der Waals surface area contributed by atoms with E-state index in [0.717, 1.165) is 6.07 Å². The number of H-pyrrole nitrogens is 2. The molecule has 0 bridgehead atoms. The van der Waals surface area contributed by atoms with Gasteiger partial charge in [0.15, 0.2) is 0 Å². The van der Waals surface area contributed by atoms with Crippen LogP contribution in [0.5, 0.6) is 0 Å². The molecule has 1 aromatic carbocycles. The molecule has 110 valence electrons. The van der Waals surface area contributed by atoms with Crippen LogP contribution in [0.2, 0.25) is 0 Å². The van der Waals surface area contributed by atoms with Crippen molar-refractivity contribution in [1.82, 2.24) is 15.3 Å². The monoisotopic (exact) mass is 289 g/mol. The summed E-state index contributed by atoms with van der Waals surface area (Å²) < 4.78 is 0. The minimum atomic E-state index is -0.812. The van der Waals surface area contributed by atoms with Gasteiger partial charge < -0.3 is 15.4 Å². The SMILES string of the molecule is O=C(Cc1cc(=O)[nH]c(=O)[nH]1)NCC(O)c1ccccc1. The third kappa shape index (κ3) is 4.43. The van der Waals surface area contributed by atoms with Crippen molar-refractivity contribution < 1.29 is 9.90 Å². The highest BCUT2D eigenvalue weighted by Gasteiger charge is 2.10. The molecule has 2 aromatic rings. The Hall–Kier alpha value is -2.67. The standard InChI is InChI=1S/C14H15N3O4/c18-11(9-4-2-1-3-5-9)8-15-12(19)6-10-7-13(20)17-14(21)16-10/h1-5,7,11,18H,6,8H2,(H,15,19)(H2,16,17,20,21). The molecule has 0 aliphatic rings. The zero-order valence-electron chi connectivity index (χ0n) is 11.1. The van der Waals surface area contributed by atoms with Crippen LogP contribution in [0.3, 0.4) is 0 Å². The number of benzene rings is 1. The van der Waals surface area contributed by atoms with Gasteiger partial charge in [0.05, 0.1) is 12.5 Å². The lowest BCUT2D eigenvalue weighted by Gasteiger charge is -2.12. The van der Waals surface area contributed by atoms with Crippen molar-refractivity contribution in [2.75, 3.05) is 6.54 Å². The van der Waals surface area contributed by atoms with Crippen LogP contribution in [-0.2, 0) is 11.2 Å². The normalized spacial score (nSPS) is 11.9. The molecule has 2 rings (SSSR count). The first-order valence-corrected chi connectivity index (χ1v) is 6.37. The number of carbonyl (C=O) groups is 1. The van der Waals surface area contributed by atoms with Crippen LogP contribution in [0, 0.1) is 0 Å². The molecule has 0 saturated heterocycles. The van der Waals surface area contributed by atoms with Crippen LogP contribution < -0.4 is 16.6 Å². The first kappa shape index (κ1) is 14.7. The second-order valence-electron chi connectivity index (χ2n) is 4.52. The molecule has 1 unspecified atom stereocenters. The Kier molecular flexibility index (Phi) is 4.68. The molecular formula is C14H15N3O4. The van der Waals surface area contributed by atoms with Gasteiger partial charge in [-0.2, -0.15) is 0 Å². The van der Waals surface area contributed by atoms with Gasteiger partial charge in [-0.1, -0.05) is 30.3 Å². The van der Waals surface area contributed by atoms with Crippen molar-refractivity contribution in [3.8, 4) is 0 Å². The van der Waals surface area contributed by atoms with E-state index < -0.39 is 23.3 Å². The zero-order valence-corrected chi connectivity index (χ0v) is 11.1. The van der Waals surface area contributed by atoms with Crippen molar-refractivity contribution >= 4 is 5.91 Å². The summed E-state index contributed by atoms with van der Waals surface area (Å²) in [5.41, 5.74) is -0.307. The summed E-state index contributed by atoms with van der Waals surface area (Å²) in [6.07, 6.45) is -0.950. The Morgan fingerprint density at radius 2 is 1.90 bits per heavy atom. The smallest absolute Gasteiger partial charge is 0.325 e. The lowest BCUT2D eigenvalue weighted by molar-refractivity contribution is -0.120. The van der Waals surface area contributed by atoms with Crippen LogP contribution in [0.4, 0.5) is 0 Å². The van der Waals surface area contributed by atoms with Crippen molar-refractivity contribution in [2.45, 2.75) is 12.5 Å². The summed E-state index contributed by atoms with van der Waals surface area (Å²) in [5, 5.41) is 12.4. The predicted octanol–water partition coefficient (Wildman–Crippen LogP) is -0.544. The molecule has 1 atom stereocenters. The minimum absolute atomic E-state index is 0.0519. The summed E-state index contributed by atoms with van der Waals surface area (Å²) >= 11 is 0. The van der Waals surface area contributed by atoms with Crippen LogP contribution >= 0.6 is 0 Å². The number of aromatic amines is 2. The van der Waals surface area contributed by atoms with Gasteiger partial charge >= 0.3 is 5.69 Å². The molecule has 1 amide bonds. The van der Waals surface area contributed by atoms with Crippen LogP contribution in [-0.4, -0.2) is 27.5 Å². The minimum Gasteiger partial charge on any atom is -0.387 e. The number of aliphatic hydroxyl groups excluding tert-OH is 1. The van der Waals surface area contributed by atoms with Gasteiger partial charge in [0.1, 0.15) is 0 Å². The van der Waals surface area contributed by atoms with Gasteiger partial charge in [0, 0.05) is 18.3 Å². The Morgan fingerprint density at radius 3 is 2.57 bits per heavy atom. The third-order valence-corrected chi connectivity index (χ3v) is 2.84. The fourth-order valence-corrected chi connectivity index (χ4v) is 1.85. The molecule has 7 heteroatoms. The zero-order chi connectivity index (χ0) is 15.2. The topological polar surface area (TPSA) is 115 Å². The number of hydrogen-bond acceptors (Lipinski definition) is 4. The summed E-state index contributed by atoms with van der Waals surface area (Å²) in [7, 11) is 0. The number of carbonyl (C=O) groups excluding carboxylic acids is 1. The van der Waals surface area contributed by atoms with Gasteiger partial charge in [0.2, 0.25) is 5.91 Å². The molecule has 1 aromatic heterocycles. The van der Waals surface area contributed by atoms with E-state index in [9.17, 15) is 19.5 Å². The first-order chi connectivity index (χ1) is 10.0. The largest absolute Gasteiger partial charge is 0.387 e. The maximum atomic E-state index is 11.7. The molecule has 0 radical (unpaired) electrons. The molecule has 0 spiro atoms. The summed E-state index contributed by atoms with van der Waals surface area (Å²) in [4.78, 5) is 38.3.